The molecule has 2 rings (SSSR count). The minimum Gasteiger partial charge on any atom is -0.480 e. The second-order valence-electron chi connectivity index (χ2n) is 5.01. The number of hydrogen-bond donors (Lipinski definition) is 2. The second kappa shape index (κ2) is 6.46. The third kappa shape index (κ3) is 3.19. The molecule has 0 aromatic carbocycles. The molecule has 7 nitrogen and oxygen atoms in total. The summed E-state index contributed by atoms with van der Waals surface area (Å²) in [5, 5.41) is 9.97. The van der Waals surface area contributed by atoms with Crippen molar-refractivity contribution in [2.75, 3.05) is 17.7 Å². The second-order valence-corrected chi connectivity index (χ2v) is 5.01. The Labute approximate surface area is 129 Å². The minimum absolute atomic E-state index is 0.354. The maximum Gasteiger partial charge on any atom is 0.323 e. The van der Waals surface area contributed by atoms with E-state index in [1.165, 1.54) is 7.11 Å². The molecule has 0 bridgehead atoms. The molecular weight excluding hydrogens is 282 g/mol. The Hall–Kier alpha value is -2.57. The highest BCUT2D eigenvalue weighted by atomic mass is 16.5. The number of carbonyl (C=O) groups is 1. The van der Waals surface area contributed by atoms with Gasteiger partial charge in [0.2, 0.25) is 5.88 Å². The highest BCUT2D eigenvalue weighted by Gasteiger charge is 2.15. The molecule has 0 aliphatic heterocycles. The highest BCUT2D eigenvalue weighted by Crippen LogP contribution is 2.23. The van der Waals surface area contributed by atoms with Crippen LogP contribution in [0.5, 0.6) is 5.88 Å². The summed E-state index contributed by atoms with van der Waals surface area (Å²) in [4.78, 5) is 16.3. The van der Waals surface area contributed by atoms with Crippen LogP contribution in [0.15, 0.2) is 12.3 Å². The van der Waals surface area contributed by atoms with Crippen LogP contribution in [0.1, 0.15) is 23.9 Å². The molecule has 118 valence electrons. The molecule has 2 amide bonds. The van der Waals surface area contributed by atoms with Gasteiger partial charge in [0.25, 0.3) is 0 Å². The zero-order chi connectivity index (χ0) is 16.3. The van der Waals surface area contributed by atoms with E-state index in [1.54, 1.807) is 12.3 Å². The first-order valence-corrected chi connectivity index (χ1v) is 7.08. The Morgan fingerprint density at radius 3 is 2.64 bits per heavy atom. The normalized spacial score (nSPS) is 10.4. The quantitative estimate of drug-likeness (QED) is 0.910. The average Bonchev–Trinajstić information content (AvgIpc) is 2.75. The van der Waals surface area contributed by atoms with Gasteiger partial charge in [-0.25, -0.2) is 9.78 Å². The molecule has 0 fully saturated rings. The number of anilines is 2. The Balaban J connectivity index is 2.17. The van der Waals surface area contributed by atoms with Gasteiger partial charge in [-0.3, -0.25) is 4.68 Å². The summed E-state index contributed by atoms with van der Waals surface area (Å²) >= 11 is 0. The van der Waals surface area contributed by atoms with E-state index in [9.17, 15) is 4.79 Å². The molecule has 7 heteroatoms. The summed E-state index contributed by atoms with van der Waals surface area (Å²) in [6.45, 7) is 8.45. The number of carbonyl (C=O) groups excluding carboxylic acids is 1. The van der Waals surface area contributed by atoms with Crippen LogP contribution in [0.2, 0.25) is 0 Å². The molecule has 0 saturated carbocycles. The van der Waals surface area contributed by atoms with Crippen molar-refractivity contribution in [3.63, 3.8) is 0 Å². The molecule has 0 aliphatic carbocycles. The number of rotatable bonds is 4. The summed E-state index contributed by atoms with van der Waals surface area (Å²) in [6, 6.07) is 1.45. The van der Waals surface area contributed by atoms with Gasteiger partial charge in [0, 0.05) is 12.7 Å². The summed E-state index contributed by atoms with van der Waals surface area (Å²) < 4.78 is 7.00. The van der Waals surface area contributed by atoms with Gasteiger partial charge in [-0.05, 0) is 39.3 Å². The smallest absolute Gasteiger partial charge is 0.323 e. The Bertz CT molecular complexity index is 693. The number of amides is 2. The Morgan fingerprint density at radius 1 is 1.32 bits per heavy atom. The SMILES string of the molecule is CCn1nc(C)c(NC(=O)Nc2cc(C)cnc2OC)c1C. The van der Waals surface area contributed by atoms with Crippen LogP contribution in [0.4, 0.5) is 16.2 Å². The number of nitrogens with one attached hydrogen (secondary N) is 2. The summed E-state index contributed by atoms with van der Waals surface area (Å²) in [6.07, 6.45) is 1.68. The van der Waals surface area contributed by atoms with Crippen LogP contribution >= 0.6 is 0 Å². The van der Waals surface area contributed by atoms with Crippen molar-refractivity contribution in [3.8, 4) is 5.88 Å². The number of pyridine rings is 1. The number of hydrogen-bond acceptors (Lipinski definition) is 4. The van der Waals surface area contributed by atoms with Crippen molar-refractivity contribution in [3.05, 3.63) is 29.2 Å². The summed E-state index contributed by atoms with van der Waals surface area (Å²) in [5.74, 6) is 0.374. The minimum atomic E-state index is -0.354. The molecule has 0 saturated heterocycles. The van der Waals surface area contributed by atoms with Crippen molar-refractivity contribution in [2.45, 2.75) is 34.2 Å². The Kier molecular flexibility index (Phi) is 4.65. The van der Waals surface area contributed by atoms with Gasteiger partial charge in [-0.2, -0.15) is 5.10 Å². The molecular formula is C15H21N5O2. The van der Waals surface area contributed by atoms with Gasteiger partial charge < -0.3 is 15.4 Å². The van der Waals surface area contributed by atoms with Gasteiger partial charge in [0.05, 0.1) is 24.2 Å². The van der Waals surface area contributed by atoms with E-state index >= 15 is 0 Å². The van der Waals surface area contributed by atoms with Crippen molar-refractivity contribution in [1.82, 2.24) is 14.8 Å². The van der Waals surface area contributed by atoms with E-state index in [2.05, 4.69) is 20.7 Å². The van der Waals surface area contributed by atoms with Gasteiger partial charge in [0.15, 0.2) is 0 Å². The maximum absolute atomic E-state index is 12.2. The van der Waals surface area contributed by atoms with Crippen molar-refractivity contribution >= 4 is 17.4 Å². The van der Waals surface area contributed by atoms with Crippen molar-refractivity contribution in [1.29, 1.82) is 0 Å². The third-order valence-corrected chi connectivity index (χ3v) is 3.35. The molecule has 2 aromatic heterocycles. The lowest BCUT2D eigenvalue weighted by Gasteiger charge is -2.11. The molecule has 0 spiro atoms. The predicted octanol–water partition coefficient (Wildman–Crippen LogP) is 2.88. The fourth-order valence-corrected chi connectivity index (χ4v) is 2.26. The van der Waals surface area contributed by atoms with E-state index in [0.717, 1.165) is 29.2 Å². The molecule has 0 atom stereocenters. The average molecular weight is 303 g/mol. The maximum atomic E-state index is 12.2. The van der Waals surface area contributed by atoms with Gasteiger partial charge in [-0.1, -0.05) is 0 Å². The lowest BCUT2D eigenvalue weighted by Crippen LogP contribution is -2.21. The van der Waals surface area contributed by atoms with Gasteiger partial charge in [-0.15, -0.1) is 0 Å². The number of aryl methyl sites for hydroxylation is 3. The molecule has 0 aliphatic rings. The first kappa shape index (κ1) is 15.8. The lowest BCUT2D eigenvalue weighted by molar-refractivity contribution is 0.262. The van der Waals surface area contributed by atoms with E-state index in [-0.39, 0.29) is 6.03 Å². The molecule has 0 radical (unpaired) electrons. The van der Waals surface area contributed by atoms with Crippen LogP contribution in [-0.2, 0) is 6.54 Å². The lowest BCUT2D eigenvalue weighted by atomic mass is 10.3. The molecule has 2 N–H and O–H groups in total. The zero-order valence-corrected chi connectivity index (χ0v) is 13.5. The van der Waals surface area contributed by atoms with E-state index < -0.39 is 0 Å². The van der Waals surface area contributed by atoms with Crippen LogP contribution < -0.4 is 15.4 Å². The first-order valence-electron chi connectivity index (χ1n) is 7.08. The van der Waals surface area contributed by atoms with Crippen LogP contribution in [-0.4, -0.2) is 27.9 Å². The van der Waals surface area contributed by atoms with E-state index in [1.807, 2.05) is 32.4 Å². The van der Waals surface area contributed by atoms with Crippen molar-refractivity contribution < 1.29 is 9.53 Å². The van der Waals surface area contributed by atoms with Crippen molar-refractivity contribution in [2.24, 2.45) is 0 Å². The number of nitrogens with zero attached hydrogens (tertiary/aromatic N) is 3. The predicted molar refractivity (Wildman–Crippen MR) is 85.5 cm³/mol. The summed E-state index contributed by atoms with van der Waals surface area (Å²) in [5.41, 5.74) is 3.88. The molecule has 2 aromatic rings. The monoisotopic (exact) mass is 303 g/mol. The zero-order valence-electron chi connectivity index (χ0n) is 13.5. The number of aromatic nitrogens is 3. The molecule has 0 unspecified atom stereocenters. The van der Waals surface area contributed by atoms with E-state index in [4.69, 9.17) is 4.74 Å². The number of ether oxygens (including phenoxy) is 1. The topological polar surface area (TPSA) is 81.1 Å². The standard InChI is InChI=1S/C15H21N5O2/c1-6-20-11(4)13(10(3)19-20)18-15(21)17-12-7-9(2)8-16-14(12)22-5/h7-8H,6H2,1-5H3,(H2,17,18,21). The highest BCUT2D eigenvalue weighted by molar-refractivity contribution is 6.01. The fourth-order valence-electron chi connectivity index (χ4n) is 2.26. The van der Waals surface area contributed by atoms with Crippen LogP contribution in [0.3, 0.4) is 0 Å². The van der Waals surface area contributed by atoms with Gasteiger partial charge >= 0.3 is 6.03 Å². The fraction of sp³-hybridized carbons (Fsp3) is 0.400. The van der Waals surface area contributed by atoms with Crippen LogP contribution in [0, 0.1) is 20.8 Å². The number of methoxy groups -OCH3 is 1. The van der Waals surface area contributed by atoms with Gasteiger partial charge in [0.1, 0.15) is 5.69 Å². The third-order valence-electron chi connectivity index (χ3n) is 3.35. The van der Waals surface area contributed by atoms with E-state index in [0.29, 0.717) is 11.6 Å². The first-order chi connectivity index (χ1) is 10.5. The Morgan fingerprint density at radius 2 is 2.05 bits per heavy atom. The summed E-state index contributed by atoms with van der Waals surface area (Å²) in [7, 11) is 1.51. The molecule has 2 heterocycles. The van der Waals surface area contributed by atoms with Crippen LogP contribution in [0.25, 0.3) is 0 Å². The largest absolute Gasteiger partial charge is 0.480 e. The number of urea groups is 1. The molecule has 22 heavy (non-hydrogen) atoms.